The molecule has 4 rings (SSSR count). The van der Waals surface area contributed by atoms with Crippen LogP contribution in [-0.2, 0) is 24.2 Å². The molecule has 27 heavy (non-hydrogen) atoms. The summed E-state index contributed by atoms with van der Waals surface area (Å²) in [5, 5.41) is 4.34. The van der Waals surface area contributed by atoms with Crippen molar-refractivity contribution in [3.63, 3.8) is 0 Å². The van der Waals surface area contributed by atoms with Crippen LogP contribution in [0.1, 0.15) is 18.1 Å². The van der Waals surface area contributed by atoms with Gasteiger partial charge in [0.15, 0.2) is 0 Å². The van der Waals surface area contributed by atoms with Gasteiger partial charge < -0.3 is 9.47 Å². The number of hydrogen-bond acceptors (Lipinski definition) is 5. The lowest BCUT2D eigenvalue weighted by Crippen LogP contribution is -2.39. The first-order chi connectivity index (χ1) is 13.2. The zero-order valence-electron chi connectivity index (χ0n) is 15.9. The Bertz CT molecular complexity index is 789. The molecule has 2 fully saturated rings. The van der Waals surface area contributed by atoms with Crippen molar-refractivity contribution in [1.29, 1.82) is 0 Å². The highest BCUT2D eigenvalue weighted by Gasteiger charge is 2.47. The van der Waals surface area contributed by atoms with E-state index in [4.69, 9.17) is 9.47 Å². The van der Waals surface area contributed by atoms with Crippen LogP contribution in [0.4, 0.5) is 4.79 Å². The molecule has 7 nitrogen and oxygen atoms in total. The van der Waals surface area contributed by atoms with Gasteiger partial charge in [-0.1, -0.05) is 12.1 Å². The molecule has 0 saturated carbocycles. The number of carbonyl (C=O) groups is 1. The maximum atomic E-state index is 12.3. The number of rotatable bonds is 7. The molecule has 2 aliphatic rings. The summed E-state index contributed by atoms with van der Waals surface area (Å²) in [4.78, 5) is 16.5. The van der Waals surface area contributed by atoms with Crippen molar-refractivity contribution >= 4 is 6.09 Å². The topological polar surface area (TPSA) is 59.8 Å². The lowest BCUT2D eigenvalue weighted by atomic mass is 10.1. The molecule has 1 amide bonds. The number of carbonyl (C=O) groups excluding carboxylic acids is 1. The van der Waals surface area contributed by atoms with Gasteiger partial charge in [-0.15, -0.1) is 0 Å². The molecule has 0 radical (unpaired) electrons. The van der Waals surface area contributed by atoms with E-state index in [-0.39, 0.29) is 18.2 Å². The molecule has 0 unspecified atom stereocenters. The highest BCUT2D eigenvalue weighted by Crippen LogP contribution is 2.28. The highest BCUT2D eigenvalue weighted by molar-refractivity contribution is 5.71. The summed E-state index contributed by atoms with van der Waals surface area (Å²) >= 11 is 0. The van der Waals surface area contributed by atoms with Crippen molar-refractivity contribution in [1.82, 2.24) is 19.6 Å². The third-order valence-corrected chi connectivity index (χ3v) is 5.42. The molecule has 2 saturated heterocycles. The number of ether oxygens (including phenoxy) is 2. The molecule has 7 heteroatoms. The molecular formula is C20H26N4O3. The average molecular weight is 370 g/mol. The first kappa shape index (κ1) is 17.9. The van der Waals surface area contributed by atoms with Gasteiger partial charge >= 0.3 is 6.09 Å². The fourth-order valence-corrected chi connectivity index (χ4v) is 3.93. The largest absolute Gasteiger partial charge is 0.497 e. The van der Waals surface area contributed by atoms with Gasteiger partial charge in [0.2, 0.25) is 0 Å². The van der Waals surface area contributed by atoms with Gasteiger partial charge in [0.05, 0.1) is 19.3 Å². The SMILES string of the molecule is CCn1cc(CN2C[C@@H]3OC(=O)N(CCc4ccc(OC)cc4)[C@@H]3C2)cn1. The first-order valence-corrected chi connectivity index (χ1v) is 9.50. The fraction of sp³-hybridized carbons (Fsp3) is 0.500. The van der Waals surface area contributed by atoms with Crippen molar-refractivity contribution in [3.8, 4) is 5.75 Å². The second-order valence-electron chi connectivity index (χ2n) is 7.18. The van der Waals surface area contributed by atoms with E-state index < -0.39 is 0 Å². The molecule has 0 N–H and O–H groups in total. The lowest BCUT2D eigenvalue weighted by molar-refractivity contribution is 0.120. The van der Waals surface area contributed by atoms with E-state index >= 15 is 0 Å². The van der Waals surface area contributed by atoms with E-state index in [1.54, 1.807) is 7.11 Å². The zero-order valence-corrected chi connectivity index (χ0v) is 15.9. The predicted octanol–water partition coefficient (Wildman–Crippen LogP) is 2.16. The third-order valence-electron chi connectivity index (χ3n) is 5.42. The van der Waals surface area contributed by atoms with E-state index in [1.165, 1.54) is 11.1 Å². The Balaban J connectivity index is 1.34. The van der Waals surface area contributed by atoms with E-state index in [0.717, 1.165) is 38.3 Å². The third kappa shape index (κ3) is 3.78. The highest BCUT2D eigenvalue weighted by atomic mass is 16.6. The van der Waals surface area contributed by atoms with Crippen molar-refractivity contribution in [3.05, 3.63) is 47.8 Å². The molecule has 2 aromatic rings. The quantitative estimate of drug-likeness (QED) is 0.748. The normalized spacial score (nSPS) is 22.1. The summed E-state index contributed by atoms with van der Waals surface area (Å²) in [6.07, 6.45) is 4.60. The Labute approximate surface area is 159 Å². The minimum Gasteiger partial charge on any atom is -0.497 e. The summed E-state index contributed by atoms with van der Waals surface area (Å²) in [6.45, 7) is 6.10. The monoisotopic (exact) mass is 370 g/mol. The van der Waals surface area contributed by atoms with Crippen LogP contribution in [-0.4, -0.2) is 64.6 Å². The van der Waals surface area contributed by atoms with Crippen LogP contribution in [0, 0.1) is 0 Å². The van der Waals surface area contributed by atoms with Crippen LogP contribution in [0.5, 0.6) is 5.75 Å². The van der Waals surface area contributed by atoms with E-state index in [9.17, 15) is 4.79 Å². The van der Waals surface area contributed by atoms with Gasteiger partial charge in [0.1, 0.15) is 11.9 Å². The molecule has 144 valence electrons. The second-order valence-corrected chi connectivity index (χ2v) is 7.18. The minimum atomic E-state index is -0.183. The number of methoxy groups -OCH3 is 1. The number of aromatic nitrogens is 2. The van der Waals surface area contributed by atoms with E-state index in [1.807, 2.05) is 40.0 Å². The Morgan fingerprint density at radius 2 is 2.04 bits per heavy atom. The minimum absolute atomic E-state index is 0.0328. The van der Waals surface area contributed by atoms with Crippen LogP contribution in [0.3, 0.4) is 0 Å². The summed E-state index contributed by atoms with van der Waals surface area (Å²) in [6, 6.07) is 8.13. The summed E-state index contributed by atoms with van der Waals surface area (Å²) in [5.74, 6) is 0.845. The second kappa shape index (κ2) is 7.60. The van der Waals surface area contributed by atoms with Crippen molar-refractivity contribution in [2.24, 2.45) is 0 Å². The van der Waals surface area contributed by atoms with Gasteiger partial charge in [-0.3, -0.25) is 14.5 Å². The summed E-state index contributed by atoms with van der Waals surface area (Å²) in [7, 11) is 1.66. The molecule has 0 bridgehead atoms. The number of likely N-dealkylation sites (tertiary alicyclic amines) is 1. The van der Waals surface area contributed by atoms with Gasteiger partial charge in [0, 0.05) is 44.5 Å². The molecule has 3 heterocycles. The molecule has 0 spiro atoms. The van der Waals surface area contributed by atoms with Crippen molar-refractivity contribution < 1.29 is 14.3 Å². The number of benzene rings is 1. The molecule has 1 aromatic heterocycles. The number of amides is 1. The molecule has 2 atom stereocenters. The van der Waals surface area contributed by atoms with E-state index in [2.05, 4.69) is 23.1 Å². The van der Waals surface area contributed by atoms with Crippen LogP contribution in [0.25, 0.3) is 0 Å². The Hall–Kier alpha value is -2.54. The first-order valence-electron chi connectivity index (χ1n) is 9.50. The van der Waals surface area contributed by atoms with E-state index in [0.29, 0.717) is 6.54 Å². The van der Waals surface area contributed by atoms with Crippen molar-refractivity contribution in [2.45, 2.75) is 38.6 Å². The molecule has 0 aliphatic carbocycles. The summed E-state index contributed by atoms with van der Waals surface area (Å²) in [5.41, 5.74) is 2.39. The smallest absolute Gasteiger partial charge is 0.410 e. The Kier molecular flexibility index (Phi) is 5.03. The van der Waals surface area contributed by atoms with Crippen LogP contribution in [0.2, 0.25) is 0 Å². The maximum Gasteiger partial charge on any atom is 0.410 e. The fourth-order valence-electron chi connectivity index (χ4n) is 3.93. The number of hydrogen-bond donors (Lipinski definition) is 0. The lowest BCUT2D eigenvalue weighted by Gasteiger charge is -2.22. The standard InChI is InChI=1S/C20H26N4O3/c1-3-23-12-16(10-21-23)11-22-13-18-19(14-22)27-20(25)24(18)9-8-15-4-6-17(26-2)7-5-15/h4-7,10,12,18-19H,3,8-9,11,13-14H2,1-2H3/t18-,19+/m1/s1. The Morgan fingerprint density at radius 3 is 2.74 bits per heavy atom. The average Bonchev–Trinajstić information content (AvgIpc) is 3.36. The van der Waals surface area contributed by atoms with Gasteiger partial charge in [0.25, 0.3) is 0 Å². The van der Waals surface area contributed by atoms with Gasteiger partial charge in [-0.05, 0) is 31.0 Å². The number of fused-ring (bicyclic) bond motifs is 1. The van der Waals surface area contributed by atoms with Crippen LogP contribution < -0.4 is 4.74 Å². The van der Waals surface area contributed by atoms with Gasteiger partial charge in [-0.25, -0.2) is 4.79 Å². The summed E-state index contributed by atoms with van der Waals surface area (Å²) < 4.78 is 12.8. The van der Waals surface area contributed by atoms with Crippen LogP contribution >= 0.6 is 0 Å². The molecular weight excluding hydrogens is 344 g/mol. The molecule has 1 aromatic carbocycles. The predicted molar refractivity (Wildman–Crippen MR) is 101 cm³/mol. The molecule has 2 aliphatic heterocycles. The number of aryl methyl sites for hydroxylation is 1. The zero-order chi connectivity index (χ0) is 18.8. The van der Waals surface area contributed by atoms with Crippen molar-refractivity contribution in [2.75, 3.05) is 26.7 Å². The maximum absolute atomic E-state index is 12.3. The van der Waals surface area contributed by atoms with Crippen LogP contribution in [0.15, 0.2) is 36.7 Å². The Morgan fingerprint density at radius 1 is 1.22 bits per heavy atom. The van der Waals surface area contributed by atoms with Gasteiger partial charge in [-0.2, -0.15) is 5.10 Å². The number of nitrogens with zero attached hydrogens (tertiary/aromatic N) is 4.